The van der Waals surface area contributed by atoms with Crippen molar-refractivity contribution in [3.63, 3.8) is 0 Å². The average molecular weight is 348 g/mol. The van der Waals surface area contributed by atoms with Gasteiger partial charge in [-0.15, -0.1) is 11.3 Å². The van der Waals surface area contributed by atoms with E-state index < -0.39 is 12.6 Å². The van der Waals surface area contributed by atoms with Crippen LogP contribution in [0.1, 0.15) is 36.6 Å². The molecular weight excluding hydrogens is 332 g/mol. The van der Waals surface area contributed by atoms with Gasteiger partial charge in [-0.3, -0.25) is 9.59 Å². The summed E-state index contributed by atoms with van der Waals surface area (Å²) in [4.78, 5) is 36.0. The maximum atomic E-state index is 12.1. The van der Waals surface area contributed by atoms with Gasteiger partial charge in [0, 0.05) is 5.56 Å². The van der Waals surface area contributed by atoms with Gasteiger partial charge in [-0.1, -0.05) is 0 Å². The molecule has 0 radical (unpaired) electrons. The smallest absolute Gasteiger partial charge is 0.348 e. The number of carbonyl (C=O) groups excluding carboxylic acids is 3. The molecule has 0 bridgehead atoms. The summed E-state index contributed by atoms with van der Waals surface area (Å²) in [5, 5.41) is 0. The summed E-state index contributed by atoms with van der Waals surface area (Å²) in [5.74, 6) is -0.213. The molecule has 2 aromatic rings. The SMILES string of the molecule is COc1ccc(C(=O)COC(=O)c2ccc(C(C)=O)s2)cc1OC. The van der Waals surface area contributed by atoms with Gasteiger partial charge in [-0.25, -0.2) is 4.79 Å². The van der Waals surface area contributed by atoms with Gasteiger partial charge < -0.3 is 14.2 Å². The van der Waals surface area contributed by atoms with E-state index in [1.807, 2.05) is 0 Å². The number of carbonyl (C=O) groups is 3. The molecule has 2 rings (SSSR count). The maximum absolute atomic E-state index is 12.1. The van der Waals surface area contributed by atoms with Gasteiger partial charge in [0.1, 0.15) is 4.88 Å². The lowest BCUT2D eigenvalue weighted by molar-refractivity contribution is 0.0479. The molecule has 0 atom stereocenters. The van der Waals surface area contributed by atoms with Crippen molar-refractivity contribution in [1.29, 1.82) is 0 Å². The Kier molecular flexibility index (Phi) is 5.70. The summed E-state index contributed by atoms with van der Waals surface area (Å²) in [6.07, 6.45) is 0. The molecule has 1 aromatic heterocycles. The number of thiophene rings is 1. The highest BCUT2D eigenvalue weighted by Crippen LogP contribution is 2.27. The summed E-state index contributed by atoms with van der Waals surface area (Å²) >= 11 is 1.04. The highest BCUT2D eigenvalue weighted by atomic mass is 32.1. The van der Waals surface area contributed by atoms with Gasteiger partial charge in [0.05, 0.1) is 19.1 Å². The first-order valence-corrected chi connectivity index (χ1v) is 7.81. The molecule has 0 aliphatic rings. The van der Waals surface area contributed by atoms with Crippen LogP contribution in [-0.2, 0) is 4.74 Å². The molecule has 6 nitrogen and oxygen atoms in total. The van der Waals surface area contributed by atoms with Crippen molar-refractivity contribution in [2.75, 3.05) is 20.8 Å². The number of esters is 1. The molecular formula is C17H16O6S. The van der Waals surface area contributed by atoms with E-state index in [2.05, 4.69) is 0 Å². The number of hydrogen-bond donors (Lipinski definition) is 0. The molecule has 0 aliphatic heterocycles. The van der Waals surface area contributed by atoms with Crippen LogP contribution in [0.5, 0.6) is 11.5 Å². The molecule has 0 aliphatic carbocycles. The molecule has 0 saturated carbocycles. The number of Topliss-reactive ketones (excluding diaryl/α,β-unsaturated/α-hetero) is 2. The highest BCUT2D eigenvalue weighted by molar-refractivity contribution is 7.15. The number of methoxy groups -OCH3 is 2. The molecule has 126 valence electrons. The summed E-state index contributed by atoms with van der Waals surface area (Å²) in [7, 11) is 2.97. The number of ketones is 2. The predicted molar refractivity (Wildman–Crippen MR) is 88.5 cm³/mol. The minimum Gasteiger partial charge on any atom is -0.493 e. The van der Waals surface area contributed by atoms with Crippen LogP contribution in [0.4, 0.5) is 0 Å². The van der Waals surface area contributed by atoms with E-state index in [0.717, 1.165) is 11.3 Å². The van der Waals surface area contributed by atoms with Crippen LogP contribution in [-0.4, -0.2) is 38.4 Å². The fraction of sp³-hybridized carbons (Fsp3) is 0.235. The minimum absolute atomic E-state index is 0.125. The van der Waals surface area contributed by atoms with Crippen molar-refractivity contribution in [2.24, 2.45) is 0 Å². The first kappa shape index (κ1) is 17.7. The quantitative estimate of drug-likeness (QED) is 0.565. The molecule has 7 heteroatoms. The Hall–Kier alpha value is -2.67. The highest BCUT2D eigenvalue weighted by Gasteiger charge is 2.16. The van der Waals surface area contributed by atoms with Gasteiger partial charge in [-0.2, -0.15) is 0 Å². The number of hydrogen-bond acceptors (Lipinski definition) is 7. The van der Waals surface area contributed by atoms with E-state index in [9.17, 15) is 14.4 Å². The van der Waals surface area contributed by atoms with Crippen molar-refractivity contribution in [1.82, 2.24) is 0 Å². The molecule has 0 saturated heterocycles. The summed E-state index contributed by atoms with van der Waals surface area (Å²) in [6, 6.07) is 7.75. The zero-order valence-corrected chi connectivity index (χ0v) is 14.3. The summed E-state index contributed by atoms with van der Waals surface area (Å²) in [6.45, 7) is 1.02. The Morgan fingerprint density at radius 3 is 2.21 bits per heavy atom. The minimum atomic E-state index is -0.638. The van der Waals surface area contributed by atoms with E-state index in [1.165, 1.54) is 33.3 Å². The average Bonchev–Trinajstić information content (AvgIpc) is 3.09. The van der Waals surface area contributed by atoms with E-state index in [-0.39, 0.29) is 16.4 Å². The zero-order chi connectivity index (χ0) is 17.7. The van der Waals surface area contributed by atoms with Crippen molar-refractivity contribution >= 4 is 28.9 Å². The summed E-state index contributed by atoms with van der Waals surface area (Å²) < 4.78 is 15.2. The van der Waals surface area contributed by atoms with Gasteiger partial charge in [0.2, 0.25) is 0 Å². The Bertz CT molecular complexity index is 777. The lowest BCUT2D eigenvalue weighted by Gasteiger charge is -2.09. The van der Waals surface area contributed by atoms with Crippen molar-refractivity contribution in [2.45, 2.75) is 6.92 Å². The number of ether oxygens (including phenoxy) is 3. The molecule has 1 aromatic carbocycles. The lowest BCUT2D eigenvalue weighted by atomic mass is 10.1. The fourth-order valence-electron chi connectivity index (χ4n) is 1.93. The third-order valence-corrected chi connectivity index (χ3v) is 4.36. The maximum Gasteiger partial charge on any atom is 0.348 e. The molecule has 0 unspecified atom stereocenters. The largest absolute Gasteiger partial charge is 0.493 e. The second-order valence-electron chi connectivity index (χ2n) is 4.79. The van der Waals surface area contributed by atoms with Gasteiger partial charge in [0.15, 0.2) is 29.7 Å². The first-order chi connectivity index (χ1) is 11.5. The van der Waals surface area contributed by atoms with E-state index >= 15 is 0 Å². The molecule has 0 amide bonds. The normalized spacial score (nSPS) is 10.1. The summed E-state index contributed by atoms with van der Waals surface area (Å²) in [5.41, 5.74) is 0.344. The van der Waals surface area contributed by atoms with Crippen molar-refractivity contribution in [3.8, 4) is 11.5 Å². The number of benzene rings is 1. The molecule has 1 heterocycles. The van der Waals surface area contributed by atoms with Gasteiger partial charge in [0.25, 0.3) is 0 Å². The predicted octanol–water partition coefficient (Wildman–Crippen LogP) is 3.01. The van der Waals surface area contributed by atoms with Crippen LogP contribution in [0.3, 0.4) is 0 Å². The van der Waals surface area contributed by atoms with Crippen LogP contribution in [0.2, 0.25) is 0 Å². The van der Waals surface area contributed by atoms with Crippen LogP contribution in [0, 0.1) is 0 Å². The van der Waals surface area contributed by atoms with E-state index in [1.54, 1.807) is 18.2 Å². The van der Waals surface area contributed by atoms with Crippen LogP contribution < -0.4 is 9.47 Å². The topological polar surface area (TPSA) is 78.9 Å². The first-order valence-electron chi connectivity index (χ1n) is 6.99. The Labute approximate surface area is 143 Å². The zero-order valence-electron chi connectivity index (χ0n) is 13.5. The standard InChI is InChI=1S/C17H16O6S/c1-10(18)15-6-7-16(24-15)17(20)23-9-12(19)11-4-5-13(21-2)14(8-11)22-3/h4-8H,9H2,1-3H3. The Morgan fingerprint density at radius 1 is 0.958 bits per heavy atom. The Morgan fingerprint density at radius 2 is 1.62 bits per heavy atom. The molecule has 0 spiro atoms. The lowest BCUT2D eigenvalue weighted by Crippen LogP contribution is -2.13. The van der Waals surface area contributed by atoms with Gasteiger partial charge >= 0.3 is 5.97 Å². The van der Waals surface area contributed by atoms with Crippen molar-refractivity contribution < 1.29 is 28.6 Å². The van der Waals surface area contributed by atoms with E-state index in [0.29, 0.717) is 21.9 Å². The third kappa shape index (κ3) is 3.99. The van der Waals surface area contributed by atoms with Gasteiger partial charge in [-0.05, 0) is 37.3 Å². The number of rotatable bonds is 7. The van der Waals surface area contributed by atoms with Crippen LogP contribution >= 0.6 is 11.3 Å². The van der Waals surface area contributed by atoms with E-state index in [4.69, 9.17) is 14.2 Å². The fourth-order valence-corrected chi connectivity index (χ4v) is 2.73. The second-order valence-corrected chi connectivity index (χ2v) is 5.87. The molecule has 0 N–H and O–H groups in total. The monoisotopic (exact) mass is 348 g/mol. The molecule has 0 fully saturated rings. The van der Waals surface area contributed by atoms with Crippen LogP contribution in [0.15, 0.2) is 30.3 Å². The van der Waals surface area contributed by atoms with Crippen molar-refractivity contribution in [3.05, 3.63) is 45.6 Å². The van der Waals surface area contributed by atoms with Crippen LogP contribution in [0.25, 0.3) is 0 Å². The Balaban J connectivity index is 2.02. The third-order valence-electron chi connectivity index (χ3n) is 3.19. The molecule has 24 heavy (non-hydrogen) atoms. The second kappa shape index (κ2) is 7.74.